The van der Waals surface area contributed by atoms with E-state index in [2.05, 4.69) is 29.0 Å². The maximum Gasteiger partial charge on any atom is 0.310 e. The SMILES string of the molecule is CCCOc1ccc(CN=C(NCC)N2CC(C)C(C(=O)OC)C2)cn1.I. The molecule has 0 aliphatic carbocycles. The van der Waals surface area contributed by atoms with Gasteiger partial charge in [-0.05, 0) is 24.8 Å². The zero-order valence-corrected chi connectivity index (χ0v) is 18.9. The van der Waals surface area contributed by atoms with Gasteiger partial charge in [-0.1, -0.05) is 19.9 Å². The molecule has 1 aliphatic rings. The summed E-state index contributed by atoms with van der Waals surface area (Å²) in [5.74, 6) is 1.43. The number of guanidine groups is 1. The van der Waals surface area contributed by atoms with E-state index in [0.29, 0.717) is 25.6 Å². The molecule has 1 aliphatic heterocycles. The fourth-order valence-electron chi connectivity index (χ4n) is 2.99. The van der Waals surface area contributed by atoms with Crippen LogP contribution >= 0.6 is 24.0 Å². The third-order valence-corrected chi connectivity index (χ3v) is 4.41. The van der Waals surface area contributed by atoms with Crippen molar-refractivity contribution in [3.63, 3.8) is 0 Å². The summed E-state index contributed by atoms with van der Waals surface area (Å²) in [5.41, 5.74) is 1.01. The summed E-state index contributed by atoms with van der Waals surface area (Å²) < 4.78 is 10.4. The van der Waals surface area contributed by atoms with Crippen LogP contribution in [0.5, 0.6) is 5.88 Å². The van der Waals surface area contributed by atoms with Crippen LogP contribution in [0, 0.1) is 11.8 Å². The monoisotopic (exact) mass is 490 g/mol. The predicted molar refractivity (Wildman–Crippen MR) is 116 cm³/mol. The van der Waals surface area contributed by atoms with E-state index in [9.17, 15) is 4.79 Å². The van der Waals surface area contributed by atoms with Crippen LogP contribution < -0.4 is 10.1 Å². The highest BCUT2D eigenvalue weighted by atomic mass is 127. The van der Waals surface area contributed by atoms with Gasteiger partial charge in [0.1, 0.15) is 0 Å². The molecule has 0 saturated carbocycles. The molecule has 1 fully saturated rings. The van der Waals surface area contributed by atoms with Gasteiger partial charge in [0.15, 0.2) is 5.96 Å². The number of nitrogens with one attached hydrogen (secondary N) is 1. The normalized spacial score (nSPS) is 19.4. The number of methoxy groups -OCH3 is 1. The molecule has 2 heterocycles. The molecule has 1 N–H and O–H groups in total. The highest BCUT2D eigenvalue weighted by molar-refractivity contribution is 14.0. The van der Waals surface area contributed by atoms with Crippen molar-refractivity contribution < 1.29 is 14.3 Å². The van der Waals surface area contributed by atoms with Gasteiger partial charge in [-0.2, -0.15) is 0 Å². The molecule has 2 atom stereocenters. The molecule has 2 rings (SSSR count). The molecule has 0 spiro atoms. The van der Waals surface area contributed by atoms with Crippen molar-refractivity contribution in [2.75, 3.05) is 33.4 Å². The zero-order valence-electron chi connectivity index (χ0n) is 16.6. The van der Waals surface area contributed by atoms with Gasteiger partial charge < -0.3 is 19.7 Å². The van der Waals surface area contributed by atoms with E-state index >= 15 is 0 Å². The van der Waals surface area contributed by atoms with Crippen LogP contribution in [0.2, 0.25) is 0 Å². The van der Waals surface area contributed by atoms with Crippen molar-refractivity contribution in [2.24, 2.45) is 16.8 Å². The first kappa shape index (κ1) is 23.5. The highest BCUT2D eigenvalue weighted by Crippen LogP contribution is 2.24. The number of nitrogens with zero attached hydrogens (tertiary/aromatic N) is 3. The Kier molecular flexibility index (Phi) is 10.4. The second-order valence-electron chi connectivity index (χ2n) is 6.54. The number of carbonyl (C=O) groups excluding carboxylic acids is 1. The van der Waals surface area contributed by atoms with Crippen molar-refractivity contribution in [3.05, 3.63) is 23.9 Å². The van der Waals surface area contributed by atoms with Crippen molar-refractivity contribution in [1.82, 2.24) is 15.2 Å². The third kappa shape index (κ3) is 6.82. The maximum atomic E-state index is 11.9. The summed E-state index contributed by atoms with van der Waals surface area (Å²) in [6, 6.07) is 3.85. The fourth-order valence-corrected chi connectivity index (χ4v) is 2.99. The standard InChI is InChI=1S/C19H30N4O3.HI/c1-5-9-26-17-8-7-15(10-21-17)11-22-19(20-6-2)23-12-14(3)16(13-23)18(24)25-4;/h7-8,10,14,16H,5-6,9,11-13H2,1-4H3,(H,20,22);1H. The molecule has 7 nitrogen and oxygen atoms in total. The van der Waals surface area contributed by atoms with Crippen LogP contribution in [0.15, 0.2) is 23.3 Å². The van der Waals surface area contributed by atoms with Gasteiger partial charge in [0.25, 0.3) is 0 Å². The summed E-state index contributed by atoms with van der Waals surface area (Å²) in [6.45, 7) is 9.55. The molecular weight excluding hydrogens is 459 g/mol. The third-order valence-electron chi connectivity index (χ3n) is 4.41. The summed E-state index contributed by atoms with van der Waals surface area (Å²) in [7, 11) is 1.44. The summed E-state index contributed by atoms with van der Waals surface area (Å²) in [4.78, 5) is 23.1. The topological polar surface area (TPSA) is 76.0 Å². The van der Waals surface area contributed by atoms with Crippen LogP contribution in [0.1, 0.15) is 32.8 Å². The van der Waals surface area contributed by atoms with E-state index in [1.165, 1.54) is 7.11 Å². The highest BCUT2D eigenvalue weighted by Gasteiger charge is 2.36. The van der Waals surface area contributed by atoms with Gasteiger partial charge in [-0.15, -0.1) is 24.0 Å². The predicted octanol–water partition coefficient (Wildman–Crippen LogP) is 2.69. The number of hydrogen-bond acceptors (Lipinski definition) is 5. The Labute approximate surface area is 178 Å². The van der Waals surface area contributed by atoms with Gasteiger partial charge in [-0.3, -0.25) is 4.79 Å². The molecule has 152 valence electrons. The molecule has 0 amide bonds. The van der Waals surface area contributed by atoms with E-state index < -0.39 is 0 Å². The lowest BCUT2D eigenvalue weighted by molar-refractivity contribution is -0.145. The fraction of sp³-hybridized carbons (Fsp3) is 0.632. The molecule has 2 unspecified atom stereocenters. The second kappa shape index (κ2) is 12.0. The van der Waals surface area contributed by atoms with Crippen molar-refractivity contribution in [2.45, 2.75) is 33.7 Å². The molecular formula is C19H31IN4O3. The molecule has 8 heteroatoms. The van der Waals surface area contributed by atoms with E-state index in [0.717, 1.165) is 31.0 Å². The minimum Gasteiger partial charge on any atom is -0.478 e. The van der Waals surface area contributed by atoms with E-state index in [4.69, 9.17) is 14.5 Å². The Balaban J connectivity index is 0.00000364. The average Bonchev–Trinajstić information content (AvgIpc) is 3.05. The first-order chi connectivity index (χ1) is 12.6. The number of carbonyl (C=O) groups is 1. The average molecular weight is 490 g/mol. The first-order valence-corrected chi connectivity index (χ1v) is 9.27. The Bertz CT molecular complexity index is 609. The van der Waals surface area contributed by atoms with E-state index in [-0.39, 0.29) is 41.8 Å². The number of rotatable bonds is 7. The van der Waals surface area contributed by atoms with Crippen molar-refractivity contribution in [1.29, 1.82) is 0 Å². The summed E-state index contributed by atoms with van der Waals surface area (Å²) in [5, 5.41) is 3.31. The number of aliphatic imine (C=N–C) groups is 1. The molecule has 27 heavy (non-hydrogen) atoms. The number of esters is 1. The Morgan fingerprint density at radius 2 is 2.15 bits per heavy atom. The second-order valence-corrected chi connectivity index (χ2v) is 6.54. The zero-order chi connectivity index (χ0) is 18.9. The summed E-state index contributed by atoms with van der Waals surface area (Å²) >= 11 is 0. The van der Waals surface area contributed by atoms with Crippen molar-refractivity contribution >= 4 is 35.9 Å². The minimum atomic E-state index is -0.150. The van der Waals surface area contributed by atoms with Crippen LogP contribution in [0.25, 0.3) is 0 Å². The molecule has 0 radical (unpaired) electrons. The molecule has 1 aromatic heterocycles. The van der Waals surface area contributed by atoms with Crippen LogP contribution in [0.3, 0.4) is 0 Å². The molecule has 1 saturated heterocycles. The van der Waals surface area contributed by atoms with E-state index in [1.807, 2.05) is 19.1 Å². The van der Waals surface area contributed by atoms with Crippen LogP contribution in [-0.4, -0.2) is 55.2 Å². The summed E-state index contributed by atoms with van der Waals surface area (Å²) in [6.07, 6.45) is 2.75. The Hall–Kier alpha value is -1.58. The quantitative estimate of drug-likeness (QED) is 0.274. The first-order valence-electron chi connectivity index (χ1n) is 9.27. The number of halogens is 1. The van der Waals surface area contributed by atoms with Crippen LogP contribution in [-0.2, 0) is 16.1 Å². The minimum absolute atomic E-state index is 0. The van der Waals surface area contributed by atoms with Gasteiger partial charge >= 0.3 is 5.97 Å². The van der Waals surface area contributed by atoms with Gasteiger partial charge in [0.05, 0.1) is 26.2 Å². The van der Waals surface area contributed by atoms with Crippen molar-refractivity contribution in [3.8, 4) is 5.88 Å². The van der Waals surface area contributed by atoms with Gasteiger partial charge in [0.2, 0.25) is 5.88 Å². The number of likely N-dealkylation sites (tertiary alicyclic amines) is 1. The smallest absolute Gasteiger partial charge is 0.310 e. The molecule has 0 aromatic carbocycles. The number of hydrogen-bond donors (Lipinski definition) is 1. The number of pyridine rings is 1. The lowest BCUT2D eigenvalue weighted by Crippen LogP contribution is -2.40. The van der Waals surface area contributed by atoms with Gasteiger partial charge in [-0.25, -0.2) is 9.98 Å². The number of aromatic nitrogens is 1. The number of ether oxygens (including phenoxy) is 2. The van der Waals surface area contributed by atoms with Gasteiger partial charge in [0, 0.05) is 31.9 Å². The maximum absolute atomic E-state index is 11.9. The lowest BCUT2D eigenvalue weighted by atomic mass is 9.99. The Morgan fingerprint density at radius 1 is 1.37 bits per heavy atom. The lowest BCUT2D eigenvalue weighted by Gasteiger charge is -2.21. The largest absolute Gasteiger partial charge is 0.478 e. The Morgan fingerprint density at radius 3 is 2.74 bits per heavy atom. The molecule has 0 bridgehead atoms. The molecule has 1 aromatic rings. The van der Waals surface area contributed by atoms with Crippen LogP contribution in [0.4, 0.5) is 0 Å². The van der Waals surface area contributed by atoms with E-state index in [1.54, 1.807) is 6.20 Å².